The van der Waals surface area contributed by atoms with Gasteiger partial charge in [-0.2, -0.15) is 5.10 Å². The normalized spacial score (nSPS) is 12.7. The molecule has 0 radical (unpaired) electrons. The molecule has 0 saturated heterocycles. The van der Waals surface area contributed by atoms with Gasteiger partial charge in [0.2, 0.25) is 0 Å². The first-order chi connectivity index (χ1) is 16.1. The van der Waals surface area contributed by atoms with Crippen LogP contribution in [-0.4, -0.2) is 62.6 Å². The molecule has 0 aliphatic carbocycles. The van der Waals surface area contributed by atoms with Crippen LogP contribution in [0.1, 0.15) is 49.0 Å². The van der Waals surface area contributed by atoms with Crippen molar-refractivity contribution >= 4 is 24.5 Å². The zero-order valence-electron chi connectivity index (χ0n) is 20.4. The van der Waals surface area contributed by atoms with E-state index in [9.17, 15) is 4.79 Å². The van der Waals surface area contributed by atoms with Crippen LogP contribution in [0.4, 0.5) is 0 Å². The van der Waals surface area contributed by atoms with Gasteiger partial charge in [0.25, 0.3) is 5.91 Å². The second kappa shape index (κ2) is 16.9. The highest BCUT2D eigenvalue weighted by Crippen LogP contribution is 2.14. The van der Waals surface area contributed by atoms with Crippen molar-refractivity contribution in [1.29, 1.82) is 0 Å². The van der Waals surface area contributed by atoms with Crippen LogP contribution in [0.25, 0.3) is 0 Å². The highest BCUT2D eigenvalue weighted by atomic mass is 35.5. The van der Waals surface area contributed by atoms with E-state index in [1.807, 2.05) is 73.3 Å². The third-order valence-electron chi connectivity index (χ3n) is 5.28. The summed E-state index contributed by atoms with van der Waals surface area (Å²) in [5.41, 5.74) is 1.62. The third-order valence-corrected chi connectivity index (χ3v) is 5.28. The number of nitrogens with zero attached hydrogens (tertiary/aromatic N) is 2. The highest BCUT2D eigenvalue weighted by Gasteiger charge is 2.26. The molecule has 2 N–H and O–H groups in total. The Morgan fingerprint density at radius 1 is 0.971 bits per heavy atom. The van der Waals surface area contributed by atoms with Crippen molar-refractivity contribution in [2.75, 3.05) is 33.5 Å². The van der Waals surface area contributed by atoms with Crippen LogP contribution in [0.2, 0.25) is 0 Å². The van der Waals surface area contributed by atoms with Crippen molar-refractivity contribution in [3.05, 3.63) is 65.7 Å². The minimum absolute atomic E-state index is 0. The number of hydrogen-bond donors (Lipinski definition) is 1. The Labute approximate surface area is 209 Å². The number of benzene rings is 2. The molecule has 0 aliphatic rings. The molecule has 188 valence electrons. The number of halogens is 1. The van der Waals surface area contributed by atoms with E-state index in [1.165, 1.54) is 0 Å². The fraction of sp³-hybridized carbons (Fsp3) is 0.462. The Balaban J connectivity index is 0.00000578. The number of hydrogen-bond acceptors (Lipinski definition) is 6. The van der Waals surface area contributed by atoms with E-state index < -0.39 is 0 Å². The SMILES string of the molecule is COCC(C)N(C(=O)c1ccccc1)C(C)COCCCCCOc1ccc(/C=N/N)cc1.Cl. The zero-order valence-corrected chi connectivity index (χ0v) is 21.2. The second-order valence-electron chi connectivity index (χ2n) is 8.06. The molecular weight excluding hydrogens is 454 g/mol. The summed E-state index contributed by atoms with van der Waals surface area (Å²) in [5.74, 6) is 5.98. The maximum Gasteiger partial charge on any atom is 0.254 e. The van der Waals surface area contributed by atoms with Crippen LogP contribution in [0.3, 0.4) is 0 Å². The zero-order chi connectivity index (χ0) is 23.9. The molecule has 0 aliphatic heterocycles. The first-order valence-corrected chi connectivity index (χ1v) is 11.5. The molecule has 2 aromatic rings. The maximum absolute atomic E-state index is 13.1. The summed E-state index contributed by atoms with van der Waals surface area (Å²) < 4.78 is 16.9. The number of rotatable bonds is 15. The van der Waals surface area contributed by atoms with Crippen LogP contribution >= 0.6 is 12.4 Å². The number of amides is 1. The first kappa shape index (κ1) is 29.4. The molecule has 0 saturated carbocycles. The molecule has 2 aromatic carbocycles. The lowest BCUT2D eigenvalue weighted by Crippen LogP contribution is -2.48. The van der Waals surface area contributed by atoms with Crippen molar-refractivity contribution in [3.8, 4) is 5.75 Å². The predicted octanol–water partition coefficient (Wildman–Crippen LogP) is 4.53. The number of carbonyl (C=O) groups excluding carboxylic acids is 1. The van der Waals surface area contributed by atoms with E-state index in [1.54, 1.807) is 13.3 Å². The summed E-state index contributed by atoms with van der Waals surface area (Å²) in [4.78, 5) is 14.9. The molecule has 0 spiro atoms. The standard InChI is InChI=1S/C26H37N3O4.ClH/c1-21(19-31-3)29(26(30)24-10-6-4-7-11-24)22(2)20-32-16-8-5-9-17-33-25-14-12-23(13-15-25)18-28-27;/h4,6-7,10-15,18,21-22H,5,8-9,16-17,19-20,27H2,1-3H3;1H/b28-18+;. The average Bonchev–Trinajstić information content (AvgIpc) is 2.83. The minimum Gasteiger partial charge on any atom is -0.494 e. The fourth-order valence-electron chi connectivity index (χ4n) is 3.63. The van der Waals surface area contributed by atoms with Crippen molar-refractivity contribution in [3.63, 3.8) is 0 Å². The molecule has 2 unspecified atom stereocenters. The number of hydrazone groups is 1. The largest absolute Gasteiger partial charge is 0.494 e. The fourth-order valence-corrected chi connectivity index (χ4v) is 3.63. The van der Waals surface area contributed by atoms with E-state index in [0.29, 0.717) is 32.0 Å². The Hall–Kier alpha value is -2.61. The molecule has 2 rings (SSSR count). The summed E-state index contributed by atoms with van der Waals surface area (Å²) in [6.07, 6.45) is 4.51. The van der Waals surface area contributed by atoms with Crippen LogP contribution in [0.15, 0.2) is 59.7 Å². The highest BCUT2D eigenvalue weighted by molar-refractivity contribution is 5.94. The number of unbranched alkanes of at least 4 members (excludes halogenated alkanes) is 2. The Morgan fingerprint density at radius 2 is 1.62 bits per heavy atom. The Morgan fingerprint density at radius 3 is 2.26 bits per heavy atom. The van der Waals surface area contributed by atoms with Crippen LogP contribution < -0.4 is 10.6 Å². The van der Waals surface area contributed by atoms with Gasteiger partial charge in [-0.05, 0) is 75.1 Å². The summed E-state index contributed by atoms with van der Waals surface area (Å²) in [7, 11) is 1.65. The number of nitrogens with two attached hydrogens (primary N) is 1. The van der Waals surface area contributed by atoms with E-state index in [0.717, 1.165) is 30.6 Å². The van der Waals surface area contributed by atoms with Crippen LogP contribution in [0.5, 0.6) is 5.75 Å². The number of methoxy groups -OCH3 is 1. The summed E-state index contributed by atoms with van der Waals surface area (Å²) >= 11 is 0. The molecule has 0 bridgehead atoms. The topological polar surface area (TPSA) is 86.4 Å². The van der Waals surface area contributed by atoms with Gasteiger partial charge >= 0.3 is 0 Å². The van der Waals surface area contributed by atoms with Crippen molar-refractivity contribution < 1.29 is 19.0 Å². The summed E-state index contributed by atoms with van der Waals surface area (Å²) in [6, 6.07) is 16.9. The van der Waals surface area contributed by atoms with Crippen LogP contribution in [0, 0.1) is 0 Å². The molecule has 1 amide bonds. The van der Waals surface area contributed by atoms with Gasteiger partial charge in [0.05, 0.1) is 38.1 Å². The molecule has 34 heavy (non-hydrogen) atoms. The van der Waals surface area contributed by atoms with Gasteiger partial charge in [-0.25, -0.2) is 0 Å². The molecular formula is C26H38ClN3O4. The van der Waals surface area contributed by atoms with Crippen molar-refractivity contribution in [2.45, 2.75) is 45.2 Å². The quantitative estimate of drug-likeness (QED) is 0.171. The van der Waals surface area contributed by atoms with Gasteiger partial charge in [-0.1, -0.05) is 18.2 Å². The lowest BCUT2D eigenvalue weighted by molar-refractivity contribution is 0.0207. The smallest absolute Gasteiger partial charge is 0.254 e. The number of ether oxygens (including phenoxy) is 3. The predicted molar refractivity (Wildman–Crippen MR) is 139 cm³/mol. The summed E-state index contributed by atoms with van der Waals surface area (Å²) in [6.45, 7) is 6.30. The number of carbonyl (C=O) groups is 1. The molecule has 8 heteroatoms. The Bertz CT molecular complexity index is 834. The van der Waals surface area contributed by atoms with E-state index in [2.05, 4.69) is 5.10 Å². The molecule has 0 heterocycles. The van der Waals surface area contributed by atoms with Gasteiger partial charge in [-0.15, -0.1) is 12.4 Å². The van der Waals surface area contributed by atoms with Crippen LogP contribution in [-0.2, 0) is 9.47 Å². The van der Waals surface area contributed by atoms with Crippen molar-refractivity contribution in [1.82, 2.24) is 4.90 Å². The van der Waals surface area contributed by atoms with Gasteiger partial charge in [0.1, 0.15) is 5.75 Å². The van der Waals surface area contributed by atoms with Gasteiger partial charge in [0, 0.05) is 19.3 Å². The second-order valence-corrected chi connectivity index (χ2v) is 8.06. The van der Waals surface area contributed by atoms with E-state index in [4.69, 9.17) is 20.1 Å². The third kappa shape index (κ3) is 10.1. The van der Waals surface area contributed by atoms with E-state index >= 15 is 0 Å². The van der Waals surface area contributed by atoms with Gasteiger partial charge in [-0.3, -0.25) is 4.79 Å². The monoisotopic (exact) mass is 491 g/mol. The summed E-state index contributed by atoms with van der Waals surface area (Å²) in [5, 5.41) is 3.50. The van der Waals surface area contributed by atoms with Gasteiger partial charge < -0.3 is 25.0 Å². The lowest BCUT2D eigenvalue weighted by atomic mass is 10.1. The minimum atomic E-state index is -0.0570. The average molecular weight is 492 g/mol. The van der Waals surface area contributed by atoms with E-state index in [-0.39, 0.29) is 30.4 Å². The molecule has 0 fully saturated rings. The molecule has 0 aromatic heterocycles. The van der Waals surface area contributed by atoms with Crippen molar-refractivity contribution in [2.24, 2.45) is 10.9 Å². The van der Waals surface area contributed by atoms with Gasteiger partial charge in [0.15, 0.2) is 0 Å². The Kier molecular flexibility index (Phi) is 14.6. The molecule has 7 nitrogen and oxygen atoms in total. The maximum atomic E-state index is 13.1. The molecule has 2 atom stereocenters. The lowest BCUT2D eigenvalue weighted by Gasteiger charge is -2.34. The first-order valence-electron chi connectivity index (χ1n) is 11.5.